The van der Waals surface area contributed by atoms with Crippen molar-refractivity contribution in [3.63, 3.8) is 0 Å². The van der Waals surface area contributed by atoms with Crippen LogP contribution in [0.3, 0.4) is 0 Å². The van der Waals surface area contributed by atoms with Crippen molar-refractivity contribution in [2.24, 2.45) is 0 Å². The number of likely N-dealkylation sites (tertiary alicyclic amines) is 1. The highest BCUT2D eigenvalue weighted by atomic mass is 32.1. The Kier molecular flexibility index (Phi) is 4.03. The maximum Gasteiger partial charge on any atom is 0.150 e. The third-order valence-corrected chi connectivity index (χ3v) is 5.98. The highest BCUT2D eigenvalue weighted by molar-refractivity contribution is 7.13. The van der Waals surface area contributed by atoms with E-state index in [1.54, 1.807) is 11.3 Å². The first-order chi connectivity index (χ1) is 10.8. The molecular weight excluding hydrogens is 294 g/mol. The Labute approximate surface area is 135 Å². The van der Waals surface area contributed by atoms with Gasteiger partial charge in [0.15, 0.2) is 5.82 Å². The van der Waals surface area contributed by atoms with Crippen molar-refractivity contribution in [1.29, 1.82) is 0 Å². The number of thiophene rings is 1. The van der Waals surface area contributed by atoms with Gasteiger partial charge in [-0.2, -0.15) is 0 Å². The van der Waals surface area contributed by atoms with Gasteiger partial charge >= 0.3 is 0 Å². The molecule has 0 radical (unpaired) electrons. The van der Waals surface area contributed by atoms with Crippen LogP contribution in [-0.2, 0) is 4.74 Å². The summed E-state index contributed by atoms with van der Waals surface area (Å²) >= 11 is 1.78. The van der Waals surface area contributed by atoms with E-state index < -0.39 is 0 Å². The molecule has 118 valence electrons. The Morgan fingerprint density at radius 3 is 2.77 bits per heavy atom. The number of hydrogen-bond acceptors (Lipinski definition) is 4. The second kappa shape index (κ2) is 6.14. The number of hydrogen-bond donors (Lipinski definition) is 0. The molecule has 0 aromatic carbocycles. The van der Waals surface area contributed by atoms with E-state index >= 15 is 0 Å². The van der Waals surface area contributed by atoms with Crippen molar-refractivity contribution in [3.05, 3.63) is 29.4 Å². The third kappa shape index (κ3) is 2.51. The zero-order valence-electron chi connectivity index (χ0n) is 13.1. The lowest BCUT2D eigenvalue weighted by molar-refractivity contribution is 0.122. The number of rotatable bonds is 3. The first-order valence-electron chi connectivity index (χ1n) is 8.23. The van der Waals surface area contributed by atoms with Gasteiger partial charge in [0.05, 0.1) is 30.2 Å². The standard InChI is InChI=1S/C17H23N3OS/c1-13-5-10-22-16(13)17-18-6-9-20(17)15-12-21-11-14(15)19-7-3-2-4-8-19/h5-6,9-10,14-15H,2-4,7-8,11-12H2,1H3/t14-,15-/m0/s1. The molecule has 0 saturated carbocycles. The SMILES string of the molecule is Cc1ccsc1-c1nccn1[C@H]1COC[C@@H]1N1CCCCC1. The molecule has 0 amide bonds. The fourth-order valence-electron chi connectivity index (χ4n) is 3.75. The van der Waals surface area contributed by atoms with E-state index in [1.807, 2.05) is 6.20 Å². The number of ether oxygens (including phenoxy) is 1. The van der Waals surface area contributed by atoms with Gasteiger partial charge in [-0.1, -0.05) is 6.42 Å². The van der Waals surface area contributed by atoms with Crippen molar-refractivity contribution >= 4 is 11.3 Å². The van der Waals surface area contributed by atoms with Crippen LogP contribution in [0, 0.1) is 6.92 Å². The van der Waals surface area contributed by atoms with Crippen molar-refractivity contribution in [2.45, 2.75) is 38.3 Å². The molecule has 2 aromatic rings. The normalized spacial score (nSPS) is 26.6. The largest absolute Gasteiger partial charge is 0.378 e. The molecule has 2 aromatic heterocycles. The topological polar surface area (TPSA) is 30.3 Å². The molecule has 2 aliphatic rings. The smallest absolute Gasteiger partial charge is 0.150 e. The number of aryl methyl sites for hydroxylation is 1. The molecule has 0 N–H and O–H groups in total. The molecule has 4 nitrogen and oxygen atoms in total. The van der Waals surface area contributed by atoms with Crippen LogP contribution in [0.1, 0.15) is 30.9 Å². The van der Waals surface area contributed by atoms with Crippen molar-refractivity contribution in [2.75, 3.05) is 26.3 Å². The van der Waals surface area contributed by atoms with Crippen LogP contribution in [-0.4, -0.2) is 46.8 Å². The monoisotopic (exact) mass is 317 g/mol. The Hall–Kier alpha value is -1.17. The quantitative estimate of drug-likeness (QED) is 0.870. The van der Waals surface area contributed by atoms with Crippen LogP contribution < -0.4 is 0 Å². The van der Waals surface area contributed by atoms with Crippen LogP contribution in [0.4, 0.5) is 0 Å². The zero-order valence-corrected chi connectivity index (χ0v) is 13.9. The minimum atomic E-state index is 0.386. The lowest BCUT2D eigenvalue weighted by Crippen LogP contribution is -2.44. The van der Waals surface area contributed by atoms with Gasteiger partial charge in [-0.05, 0) is 49.9 Å². The average Bonchev–Trinajstić information content (AvgIpc) is 3.27. The summed E-state index contributed by atoms with van der Waals surface area (Å²) in [5.41, 5.74) is 1.31. The van der Waals surface area contributed by atoms with E-state index in [2.05, 4.69) is 39.0 Å². The summed E-state index contributed by atoms with van der Waals surface area (Å²) in [5, 5.41) is 2.15. The van der Waals surface area contributed by atoms with E-state index in [0.29, 0.717) is 12.1 Å². The van der Waals surface area contributed by atoms with Crippen LogP contribution in [0.15, 0.2) is 23.8 Å². The molecule has 5 heteroatoms. The number of piperidine rings is 1. The number of aromatic nitrogens is 2. The molecule has 0 spiro atoms. The maximum atomic E-state index is 5.86. The van der Waals surface area contributed by atoms with E-state index in [1.165, 1.54) is 42.8 Å². The van der Waals surface area contributed by atoms with Crippen molar-refractivity contribution < 1.29 is 4.74 Å². The van der Waals surface area contributed by atoms with Crippen molar-refractivity contribution in [3.8, 4) is 10.7 Å². The van der Waals surface area contributed by atoms with Gasteiger partial charge in [0.2, 0.25) is 0 Å². The van der Waals surface area contributed by atoms with Crippen LogP contribution in [0.25, 0.3) is 10.7 Å². The molecule has 2 fully saturated rings. The van der Waals surface area contributed by atoms with Crippen LogP contribution in [0.2, 0.25) is 0 Å². The maximum absolute atomic E-state index is 5.86. The van der Waals surface area contributed by atoms with Gasteiger partial charge in [0.1, 0.15) is 0 Å². The van der Waals surface area contributed by atoms with Gasteiger partial charge < -0.3 is 9.30 Å². The molecule has 0 bridgehead atoms. The fourth-order valence-corrected chi connectivity index (χ4v) is 4.68. The van der Waals surface area contributed by atoms with Crippen molar-refractivity contribution in [1.82, 2.24) is 14.5 Å². The minimum absolute atomic E-state index is 0.386. The van der Waals surface area contributed by atoms with Gasteiger partial charge in [0, 0.05) is 12.4 Å². The summed E-state index contributed by atoms with van der Waals surface area (Å²) in [5.74, 6) is 1.10. The molecular formula is C17H23N3OS. The van der Waals surface area contributed by atoms with Crippen LogP contribution in [0.5, 0.6) is 0 Å². The summed E-state index contributed by atoms with van der Waals surface area (Å²) in [6.45, 7) is 6.25. The first kappa shape index (κ1) is 14.4. The second-order valence-electron chi connectivity index (χ2n) is 6.36. The summed E-state index contributed by atoms with van der Waals surface area (Å²) < 4.78 is 8.21. The highest BCUT2D eigenvalue weighted by Crippen LogP contribution is 2.33. The van der Waals surface area contributed by atoms with Crippen LogP contribution >= 0.6 is 11.3 Å². The predicted octanol–water partition coefficient (Wildman–Crippen LogP) is 3.35. The van der Waals surface area contributed by atoms with Gasteiger partial charge in [-0.3, -0.25) is 4.90 Å². The summed E-state index contributed by atoms with van der Waals surface area (Å²) in [7, 11) is 0. The summed E-state index contributed by atoms with van der Waals surface area (Å²) in [4.78, 5) is 8.56. The Bertz CT molecular complexity index is 629. The minimum Gasteiger partial charge on any atom is -0.378 e. The Morgan fingerprint density at radius 2 is 2.00 bits per heavy atom. The third-order valence-electron chi connectivity index (χ3n) is 4.97. The van der Waals surface area contributed by atoms with Gasteiger partial charge in [-0.15, -0.1) is 11.3 Å². The molecule has 2 aliphatic heterocycles. The molecule has 4 rings (SSSR count). The molecule has 4 heterocycles. The Balaban J connectivity index is 1.64. The molecule has 22 heavy (non-hydrogen) atoms. The molecule has 0 aliphatic carbocycles. The summed E-state index contributed by atoms with van der Waals surface area (Å²) in [6, 6.07) is 3.05. The first-order valence-corrected chi connectivity index (χ1v) is 9.11. The number of imidazole rings is 1. The van der Waals surface area contributed by atoms with E-state index in [-0.39, 0.29) is 0 Å². The number of nitrogens with zero attached hydrogens (tertiary/aromatic N) is 3. The zero-order chi connectivity index (χ0) is 14.9. The molecule has 0 unspecified atom stereocenters. The predicted molar refractivity (Wildman–Crippen MR) is 89.3 cm³/mol. The Morgan fingerprint density at radius 1 is 1.18 bits per heavy atom. The molecule has 2 saturated heterocycles. The second-order valence-corrected chi connectivity index (χ2v) is 7.28. The molecule has 2 atom stereocenters. The van der Waals surface area contributed by atoms with E-state index in [9.17, 15) is 0 Å². The van der Waals surface area contributed by atoms with E-state index in [0.717, 1.165) is 19.0 Å². The summed E-state index contributed by atoms with van der Waals surface area (Å²) in [6.07, 6.45) is 8.08. The van der Waals surface area contributed by atoms with Gasteiger partial charge in [0.25, 0.3) is 0 Å². The highest BCUT2D eigenvalue weighted by Gasteiger charge is 2.36. The lowest BCUT2D eigenvalue weighted by atomic mass is 10.0. The van der Waals surface area contributed by atoms with E-state index in [4.69, 9.17) is 4.74 Å². The lowest BCUT2D eigenvalue weighted by Gasteiger charge is -2.35. The van der Waals surface area contributed by atoms with Gasteiger partial charge in [-0.25, -0.2) is 4.98 Å². The fraction of sp³-hybridized carbons (Fsp3) is 0.588. The average molecular weight is 317 g/mol.